The molecule has 2 aliphatic rings. The lowest BCUT2D eigenvalue weighted by molar-refractivity contribution is -0.133. The van der Waals surface area contributed by atoms with Gasteiger partial charge in [-0.25, -0.2) is 0 Å². The average Bonchev–Trinajstić information content (AvgIpc) is 3.23. The van der Waals surface area contributed by atoms with E-state index in [-0.39, 0.29) is 48.1 Å². The summed E-state index contributed by atoms with van der Waals surface area (Å²) in [6.45, 7) is 5.67. The standard InChI is InChI=1S/C27H33N3O3/c1-19(2)30-18-22(17-24(30)31)26(32)28-23-13-15-29(16-14-23)27(33)25(20-9-5-3-6-10-20)21-11-7-4-8-12-21/h3-12,19,22-23,25H,13-18H2,1-2H3,(H,28,32). The third kappa shape index (κ3) is 5.27. The number of carbonyl (C=O) groups is 3. The molecule has 3 amide bonds. The molecule has 0 spiro atoms. The van der Waals surface area contributed by atoms with Gasteiger partial charge in [-0.3, -0.25) is 14.4 Å². The number of nitrogens with zero attached hydrogens (tertiary/aromatic N) is 2. The van der Waals surface area contributed by atoms with Crippen molar-refractivity contribution in [2.24, 2.45) is 5.92 Å². The van der Waals surface area contributed by atoms with Crippen LogP contribution in [-0.2, 0) is 14.4 Å². The van der Waals surface area contributed by atoms with Gasteiger partial charge in [0, 0.05) is 38.1 Å². The van der Waals surface area contributed by atoms with Crippen LogP contribution < -0.4 is 5.32 Å². The molecule has 1 unspecified atom stereocenters. The van der Waals surface area contributed by atoms with Gasteiger partial charge in [-0.2, -0.15) is 0 Å². The highest BCUT2D eigenvalue weighted by atomic mass is 16.2. The lowest BCUT2D eigenvalue weighted by Crippen LogP contribution is -2.49. The summed E-state index contributed by atoms with van der Waals surface area (Å²) in [5, 5.41) is 3.14. The lowest BCUT2D eigenvalue weighted by Gasteiger charge is -2.35. The van der Waals surface area contributed by atoms with E-state index in [2.05, 4.69) is 5.32 Å². The number of rotatable bonds is 6. The van der Waals surface area contributed by atoms with Gasteiger partial charge in [-0.15, -0.1) is 0 Å². The SMILES string of the molecule is CC(C)N1CC(C(=O)NC2CCN(C(=O)C(c3ccccc3)c3ccccc3)CC2)CC1=O. The molecular formula is C27H33N3O3. The van der Waals surface area contributed by atoms with Crippen molar-refractivity contribution >= 4 is 17.7 Å². The highest BCUT2D eigenvalue weighted by Gasteiger charge is 2.37. The summed E-state index contributed by atoms with van der Waals surface area (Å²) < 4.78 is 0. The molecule has 0 bridgehead atoms. The summed E-state index contributed by atoms with van der Waals surface area (Å²) in [6, 6.07) is 20.0. The molecule has 1 atom stereocenters. The van der Waals surface area contributed by atoms with E-state index in [1.54, 1.807) is 4.90 Å². The second-order valence-corrected chi connectivity index (χ2v) is 9.40. The fourth-order valence-electron chi connectivity index (χ4n) is 4.92. The molecule has 6 nitrogen and oxygen atoms in total. The van der Waals surface area contributed by atoms with E-state index in [4.69, 9.17) is 0 Å². The maximum Gasteiger partial charge on any atom is 0.234 e. The predicted octanol–water partition coefficient (Wildman–Crippen LogP) is 3.18. The Kier molecular flexibility index (Phi) is 7.11. The van der Waals surface area contributed by atoms with E-state index in [1.165, 1.54) is 0 Å². The zero-order chi connectivity index (χ0) is 23.4. The van der Waals surface area contributed by atoms with Crippen molar-refractivity contribution in [1.29, 1.82) is 0 Å². The van der Waals surface area contributed by atoms with Crippen LogP contribution in [-0.4, -0.2) is 59.2 Å². The van der Waals surface area contributed by atoms with Gasteiger partial charge in [0.05, 0.1) is 11.8 Å². The fraction of sp³-hybridized carbons (Fsp3) is 0.444. The second-order valence-electron chi connectivity index (χ2n) is 9.40. The highest BCUT2D eigenvalue weighted by molar-refractivity contribution is 5.90. The molecule has 1 N–H and O–H groups in total. The van der Waals surface area contributed by atoms with Gasteiger partial charge in [0.15, 0.2) is 0 Å². The molecule has 2 heterocycles. The van der Waals surface area contributed by atoms with Crippen molar-refractivity contribution < 1.29 is 14.4 Å². The molecule has 2 aromatic rings. The number of carbonyl (C=O) groups excluding carboxylic acids is 3. The number of piperidine rings is 1. The van der Waals surface area contributed by atoms with Crippen molar-refractivity contribution in [2.45, 2.75) is 51.1 Å². The number of hydrogen-bond acceptors (Lipinski definition) is 3. The number of likely N-dealkylation sites (tertiary alicyclic amines) is 2. The summed E-state index contributed by atoms with van der Waals surface area (Å²) in [5.74, 6) is -0.488. The number of hydrogen-bond donors (Lipinski definition) is 1. The normalized spacial score (nSPS) is 19.4. The molecule has 2 fully saturated rings. The van der Waals surface area contributed by atoms with Crippen molar-refractivity contribution in [1.82, 2.24) is 15.1 Å². The van der Waals surface area contributed by atoms with Crippen LogP contribution in [0.3, 0.4) is 0 Å². The van der Waals surface area contributed by atoms with E-state index in [9.17, 15) is 14.4 Å². The Balaban J connectivity index is 1.36. The Morgan fingerprint density at radius 2 is 1.45 bits per heavy atom. The van der Waals surface area contributed by atoms with E-state index in [0.29, 0.717) is 19.6 Å². The summed E-state index contributed by atoms with van der Waals surface area (Å²) in [5.41, 5.74) is 1.98. The monoisotopic (exact) mass is 447 g/mol. The number of benzene rings is 2. The maximum atomic E-state index is 13.6. The van der Waals surface area contributed by atoms with E-state index in [1.807, 2.05) is 79.4 Å². The zero-order valence-corrected chi connectivity index (χ0v) is 19.4. The molecule has 0 aromatic heterocycles. The van der Waals surface area contributed by atoms with Crippen LogP contribution in [0.4, 0.5) is 0 Å². The van der Waals surface area contributed by atoms with Crippen molar-refractivity contribution in [3.63, 3.8) is 0 Å². The Labute approximate surface area is 196 Å². The molecule has 6 heteroatoms. The third-order valence-corrected chi connectivity index (χ3v) is 6.82. The molecule has 174 valence electrons. The second kappa shape index (κ2) is 10.2. The predicted molar refractivity (Wildman–Crippen MR) is 127 cm³/mol. The van der Waals surface area contributed by atoms with E-state index in [0.717, 1.165) is 24.0 Å². The van der Waals surface area contributed by atoms with Gasteiger partial charge in [-0.1, -0.05) is 60.7 Å². The minimum absolute atomic E-state index is 0.0386. The van der Waals surface area contributed by atoms with Crippen molar-refractivity contribution in [3.8, 4) is 0 Å². The van der Waals surface area contributed by atoms with Crippen LogP contribution in [0.1, 0.15) is 50.2 Å². The molecule has 33 heavy (non-hydrogen) atoms. The van der Waals surface area contributed by atoms with E-state index < -0.39 is 0 Å². The number of nitrogens with one attached hydrogen (secondary N) is 1. The molecule has 0 saturated carbocycles. The highest BCUT2D eigenvalue weighted by Crippen LogP contribution is 2.28. The van der Waals surface area contributed by atoms with Gasteiger partial charge >= 0.3 is 0 Å². The molecular weight excluding hydrogens is 414 g/mol. The molecule has 4 rings (SSSR count). The van der Waals surface area contributed by atoms with Crippen molar-refractivity contribution in [2.75, 3.05) is 19.6 Å². The average molecular weight is 448 g/mol. The summed E-state index contributed by atoms with van der Waals surface area (Å²) >= 11 is 0. The largest absolute Gasteiger partial charge is 0.353 e. The molecule has 0 aliphatic carbocycles. The van der Waals surface area contributed by atoms with Crippen LogP contribution in [0, 0.1) is 5.92 Å². The van der Waals surface area contributed by atoms with Gasteiger partial charge in [0.2, 0.25) is 17.7 Å². The smallest absolute Gasteiger partial charge is 0.234 e. The summed E-state index contributed by atoms with van der Waals surface area (Å²) in [6.07, 6.45) is 1.74. The van der Waals surface area contributed by atoms with Gasteiger partial charge in [0.1, 0.15) is 0 Å². The lowest BCUT2D eigenvalue weighted by atomic mass is 9.89. The molecule has 2 aliphatic heterocycles. The topological polar surface area (TPSA) is 69.7 Å². The van der Waals surface area contributed by atoms with Crippen LogP contribution in [0.15, 0.2) is 60.7 Å². The molecule has 2 saturated heterocycles. The van der Waals surface area contributed by atoms with Crippen LogP contribution >= 0.6 is 0 Å². The van der Waals surface area contributed by atoms with E-state index >= 15 is 0 Å². The van der Waals surface area contributed by atoms with Crippen LogP contribution in [0.5, 0.6) is 0 Å². The minimum Gasteiger partial charge on any atom is -0.353 e. The van der Waals surface area contributed by atoms with Gasteiger partial charge < -0.3 is 15.1 Å². The first-order valence-electron chi connectivity index (χ1n) is 11.9. The first-order valence-corrected chi connectivity index (χ1v) is 11.9. The number of amides is 3. The zero-order valence-electron chi connectivity index (χ0n) is 19.4. The van der Waals surface area contributed by atoms with Crippen molar-refractivity contribution in [3.05, 3.63) is 71.8 Å². The summed E-state index contributed by atoms with van der Waals surface area (Å²) in [7, 11) is 0. The fourth-order valence-corrected chi connectivity index (χ4v) is 4.92. The van der Waals surface area contributed by atoms with Crippen LogP contribution in [0.25, 0.3) is 0 Å². The van der Waals surface area contributed by atoms with Crippen LogP contribution in [0.2, 0.25) is 0 Å². The summed E-state index contributed by atoms with van der Waals surface area (Å²) in [4.78, 5) is 42.2. The Hall–Kier alpha value is -3.15. The molecule has 0 radical (unpaired) electrons. The van der Waals surface area contributed by atoms with Gasteiger partial charge in [-0.05, 0) is 37.8 Å². The Morgan fingerprint density at radius 3 is 1.94 bits per heavy atom. The minimum atomic E-state index is -0.329. The quantitative estimate of drug-likeness (QED) is 0.740. The first kappa shape index (κ1) is 23.0. The molecule has 2 aromatic carbocycles. The van der Waals surface area contributed by atoms with Gasteiger partial charge in [0.25, 0.3) is 0 Å². The Bertz CT molecular complexity index is 929. The third-order valence-electron chi connectivity index (χ3n) is 6.82. The maximum absolute atomic E-state index is 13.6. The first-order chi connectivity index (χ1) is 15.9. The Morgan fingerprint density at radius 1 is 0.909 bits per heavy atom.